The third-order valence-corrected chi connectivity index (χ3v) is 6.05. The van der Waals surface area contributed by atoms with Gasteiger partial charge in [-0.25, -0.2) is 0 Å². The molecule has 1 N–H and O–H groups in total. The van der Waals surface area contributed by atoms with Gasteiger partial charge in [0.1, 0.15) is 5.75 Å². The zero-order valence-corrected chi connectivity index (χ0v) is 16.7. The molecule has 0 aromatic heterocycles. The van der Waals surface area contributed by atoms with Crippen molar-refractivity contribution in [3.05, 3.63) is 29.8 Å². The standard InChI is InChI=1S/C21H31N3O3/c1-16(25)22-19-14-21(24(15-19)17(2)26)9-12-23(13-10-21)11-8-18-4-6-20(27-3)7-5-18/h4-7,19H,8-15H2,1-3H3,(H,22,25). The Kier molecular flexibility index (Phi) is 6.05. The summed E-state index contributed by atoms with van der Waals surface area (Å²) >= 11 is 0. The highest BCUT2D eigenvalue weighted by Gasteiger charge is 2.48. The molecule has 1 aromatic rings. The van der Waals surface area contributed by atoms with Crippen molar-refractivity contribution in [2.45, 2.75) is 51.1 Å². The number of carbonyl (C=O) groups is 2. The molecular formula is C21H31N3O3. The summed E-state index contributed by atoms with van der Waals surface area (Å²) in [7, 11) is 1.68. The zero-order chi connectivity index (χ0) is 19.4. The lowest BCUT2D eigenvalue weighted by molar-refractivity contribution is -0.134. The molecule has 3 rings (SSSR count). The number of hydrogen-bond acceptors (Lipinski definition) is 4. The number of methoxy groups -OCH3 is 1. The smallest absolute Gasteiger partial charge is 0.219 e. The Bertz CT molecular complexity index is 666. The second kappa shape index (κ2) is 8.30. The lowest BCUT2D eigenvalue weighted by Gasteiger charge is -2.44. The van der Waals surface area contributed by atoms with E-state index in [-0.39, 0.29) is 23.4 Å². The van der Waals surface area contributed by atoms with E-state index in [1.54, 1.807) is 21.0 Å². The number of likely N-dealkylation sites (tertiary alicyclic amines) is 2. The van der Waals surface area contributed by atoms with Gasteiger partial charge in [0.2, 0.25) is 11.8 Å². The molecule has 1 unspecified atom stereocenters. The van der Waals surface area contributed by atoms with Crippen LogP contribution in [0.5, 0.6) is 5.75 Å². The molecule has 2 heterocycles. The predicted octanol–water partition coefficient (Wildman–Crippen LogP) is 1.83. The highest BCUT2D eigenvalue weighted by atomic mass is 16.5. The Morgan fingerprint density at radius 2 is 1.85 bits per heavy atom. The first-order valence-electron chi connectivity index (χ1n) is 9.82. The molecule has 0 aliphatic carbocycles. The fraction of sp³-hybridized carbons (Fsp3) is 0.619. The fourth-order valence-corrected chi connectivity index (χ4v) is 4.64. The molecule has 2 amide bonds. The third-order valence-electron chi connectivity index (χ3n) is 6.05. The number of amides is 2. The minimum absolute atomic E-state index is 0.0162. The maximum atomic E-state index is 12.2. The molecule has 148 valence electrons. The molecule has 0 bridgehead atoms. The van der Waals surface area contributed by atoms with Gasteiger partial charge < -0.3 is 19.9 Å². The van der Waals surface area contributed by atoms with E-state index in [0.29, 0.717) is 6.54 Å². The Labute approximate surface area is 161 Å². The molecule has 1 aromatic carbocycles. The van der Waals surface area contributed by atoms with Crippen molar-refractivity contribution in [1.82, 2.24) is 15.1 Å². The van der Waals surface area contributed by atoms with Crippen LogP contribution in [-0.4, -0.2) is 66.5 Å². The molecule has 2 aliphatic heterocycles. The van der Waals surface area contributed by atoms with Crippen molar-refractivity contribution in [1.29, 1.82) is 0 Å². The van der Waals surface area contributed by atoms with Gasteiger partial charge >= 0.3 is 0 Å². The van der Waals surface area contributed by atoms with E-state index >= 15 is 0 Å². The van der Waals surface area contributed by atoms with Gasteiger partial charge in [0.15, 0.2) is 0 Å². The van der Waals surface area contributed by atoms with E-state index in [4.69, 9.17) is 4.74 Å². The molecule has 0 saturated carbocycles. The lowest BCUT2D eigenvalue weighted by atomic mass is 9.84. The molecule has 27 heavy (non-hydrogen) atoms. The van der Waals surface area contributed by atoms with Crippen molar-refractivity contribution in [2.24, 2.45) is 0 Å². The van der Waals surface area contributed by atoms with Crippen LogP contribution >= 0.6 is 0 Å². The molecule has 6 nitrogen and oxygen atoms in total. The van der Waals surface area contributed by atoms with Gasteiger partial charge in [0.25, 0.3) is 0 Å². The maximum absolute atomic E-state index is 12.2. The SMILES string of the molecule is COc1ccc(CCN2CCC3(CC2)CC(NC(C)=O)CN3C(C)=O)cc1. The largest absolute Gasteiger partial charge is 0.497 e. The number of benzene rings is 1. The van der Waals surface area contributed by atoms with E-state index in [2.05, 4.69) is 22.3 Å². The van der Waals surface area contributed by atoms with E-state index in [0.717, 1.165) is 51.1 Å². The zero-order valence-electron chi connectivity index (χ0n) is 16.7. The predicted molar refractivity (Wildman–Crippen MR) is 105 cm³/mol. The molecule has 0 radical (unpaired) electrons. The van der Waals surface area contributed by atoms with Crippen LogP contribution in [0.25, 0.3) is 0 Å². The van der Waals surface area contributed by atoms with Crippen LogP contribution in [0.4, 0.5) is 0 Å². The van der Waals surface area contributed by atoms with Crippen LogP contribution in [0.15, 0.2) is 24.3 Å². The van der Waals surface area contributed by atoms with Crippen LogP contribution in [0, 0.1) is 0 Å². The molecule has 1 spiro atoms. The van der Waals surface area contributed by atoms with Crippen molar-refractivity contribution in [3.63, 3.8) is 0 Å². The highest BCUT2D eigenvalue weighted by Crippen LogP contribution is 2.38. The Hall–Kier alpha value is -2.08. The van der Waals surface area contributed by atoms with E-state index in [9.17, 15) is 9.59 Å². The number of hydrogen-bond donors (Lipinski definition) is 1. The first-order valence-corrected chi connectivity index (χ1v) is 9.82. The van der Waals surface area contributed by atoms with Gasteiger partial charge in [-0.3, -0.25) is 9.59 Å². The second-order valence-corrected chi connectivity index (χ2v) is 7.90. The molecule has 2 aliphatic rings. The van der Waals surface area contributed by atoms with Crippen molar-refractivity contribution >= 4 is 11.8 Å². The molecular weight excluding hydrogens is 342 g/mol. The number of carbonyl (C=O) groups excluding carboxylic acids is 2. The van der Waals surface area contributed by atoms with Gasteiger partial charge in [-0.1, -0.05) is 12.1 Å². The van der Waals surface area contributed by atoms with Gasteiger partial charge in [0, 0.05) is 51.6 Å². The summed E-state index contributed by atoms with van der Waals surface area (Å²) in [5, 5.41) is 3.01. The van der Waals surface area contributed by atoms with Gasteiger partial charge in [-0.05, 0) is 43.4 Å². The van der Waals surface area contributed by atoms with E-state index in [1.165, 1.54) is 5.56 Å². The van der Waals surface area contributed by atoms with Crippen LogP contribution in [0.3, 0.4) is 0 Å². The lowest BCUT2D eigenvalue weighted by Crippen LogP contribution is -2.53. The topological polar surface area (TPSA) is 61.9 Å². The Balaban J connectivity index is 1.54. The molecule has 2 saturated heterocycles. The van der Waals surface area contributed by atoms with Gasteiger partial charge in [-0.2, -0.15) is 0 Å². The fourth-order valence-electron chi connectivity index (χ4n) is 4.64. The molecule has 1 atom stereocenters. The van der Waals surface area contributed by atoms with Crippen LogP contribution in [-0.2, 0) is 16.0 Å². The quantitative estimate of drug-likeness (QED) is 0.855. The summed E-state index contributed by atoms with van der Waals surface area (Å²) in [6, 6.07) is 8.34. The minimum Gasteiger partial charge on any atom is -0.497 e. The summed E-state index contributed by atoms with van der Waals surface area (Å²) in [4.78, 5) is 28.1. The van der Waals surface area contributed by atoms with E-state index < -0.39 is 0 Å². The number of nitrogens with one attached hydrogen (secondary N) is 1. The van der Waals surface area contributed by atoms with Crippen LogP contribution in [0.2, 0.25) is 0 Å². The van der Waals surface area contributed by atoms with Gasteiger partial charge in [-0.15, -0.1) is 0 Å². The first-order chi connectivity index (χ1) is 12.9. The summed E-state index contributed by atoms with van der Waals surface area (Å²) < 4.78 is 5.21. The number of rotatable bonds is 5. The normalized spacial score (nSPS) is 22.0. The summed E-state index contributed by atoms with van der Waals surface area (Å²) in [5.41, 5.74) is 1.23. The second-order valence-electron chi connectivity index (χ2n) is 7.90. The number of piperidine rings is 1. The van der Waals surface area contributed by atoms with Crippen molar-refractivity contribution in [3.8, 4) is 5.75 Å². The maximum Gasteiger partial charge on any atom is 0.219 e. The summed E-state index contributed by atoms with van der Waals surface area (Å²) in [6.07, 6.45) is 3.84. The minimum atomic E-state index is -0.0877. The first kappa shape index (κ1) is 19.7. The van der Waals surface area contributed by atoms with Crippen LogP contribution in [0.1, 0.15) is 38.7 Å². The Morgan fingerprint density at radius 3 is 2.41 bits per heavy atom. The summed E-state index contributed by atoms with van der Waals surface area (Å²) in [6.45, 7) is 6.84. The van der Waals surface area contributed by atoms with Crippen molar-refractivity contribution < 1.29 is 14.3 Å². The average Bonchev–Trinajstić information content (AvgIpc) is 2.99. The monoisotopic (exact) mass is 373 g/mol. The van der Waals surface area contributed by atoms with Gasteiger partial charge in [0.05, 0.1) is 7.11 Å². The summed E-state index contributed by atoms with van der Waals surface area (Å²) in [5.74, 6) is 0.991. The third kappa shape index (κ3) is 4.61. The van der Waals surface area contributed by atoms with E-state index in [1.807, 2.05) is 17.0 Å². The average molecular weight is 373 g/mol. The molecule has 2 fully saturated rings. The Morgan fingerprint density at radius 1 is 1.19 bits per heavy atom. The number of nitrogens with zero attached hydrogens (tertiary/aromatic N) is 2. The van der Waals surface area contributed by atoms with Crippen LogP contribution < -0.4 is 10.1 Å². The number of ether oxygens (including phenoxy) is 1. The van der Waals surface area contributed by atoms with Crippen molar-refractivity contribution in [2.75, 3.05) is 33.3 Å². The molecule has 6 heteroatoms. The highest BCUT2D eigenvalue weighted by molar-refractivity contribution is 5.76.